The number of nitrogens with zero attached hydrogens (tertiary/aromatic N) is 4. The third-order valence-electron chi connectivity index (χ3n) is 4.30. The van der Waals surface area contributed by atoms with Gasteiger partial charge in [0.2, 0.25) is 15.0 Å². The maximum atomic E-state index is 14.5. The van der Waals surface area contributed by atoms with Gasteiger partial charge in [0.05, 0.1) is 11.1 Å². The van der Waals surface area contributed by atoms with Crippen LogP contribution in [0.4, 0.5) is 8.78 Å². The predicted molar refractivity (Wildman–Crippen MR) is 98.9 cm³/mol. The van der Waals surface area contributed by atoms with Crippen molar-refractivity contribution in [3.8, 4) is 5.69 Å². The van der Waals surface area contributed by atoms with Crippen molar-refractivity contribution in [2.75, 3.05) is 0 Å². The third-order valence-corrected chi connectivity index (χ3v) is 5.84. The fourth-order valence-corrected chi connectivity index (χ4v) is 4.44. The Hall–Kier alpha value is -3.47. The van der Waals surface area contributed by atoms with Gasteiger partial charge >= 0.3 is 0 Å². The first-order valence-electron chi connectivity index (χ1n) is 8.38. The number of pyridine rings is 1. The van der Waals surface area contributed by atoms with Gasteiger partial charge in [0.1, 0.15) is 22.8 Å². The number of aromatic nitrogens is 5. The van der Waals surface area contributed by atoms with E-state index in [-0.39, 0.29) is 11.0 Å². The molecular weight excluding hydrogens is 402 g/mol. The number of aromatic amines is 1. The Morgan fingerprint density at radius 3 is 2.55 bits per heavy atom. The lowest BCUT2D eigenvalue weighted by atomic mass is 10.2. The Labute approximate surface area is 163 Å². The van der Waals surface area contributed by atoms with Crippen molar-refractivity contribution >= 4 is 20.9 Å². The zero-order chi connectivity index (χ0) is 20.8. The summed E-state index contributed by atoms with van der Waals surface area (Å²) in [6.07, 6.45) is 2.86. The number of sulfone groups is 1. The van der Waals surface area contributed by atoms with Crippen molar-refractivity contribution in [1.29, 1.82) is 5.41 Å². The average Bonchev–Trinajstić information content (AvgIpc) is 3.04. The summed E-state index contributed by atoms with van der Waals surface area (Å²) in [7, 11) is -4.23. The van der Waals surface area contributed by atoms with E-state index < -0.39 is 43.6 Å². The molecule has 4 rings (SSSR count). The highest BCUT2D eigenvalue weighted by Gasteiger charge is 2.28. The quantitative estimate of drug-likeness (QED) is 0.495. The van der Waals surface area contributed by atoms with E-state index in [0.717, 1.165) is 18.2 Å². The molecule has 0 fully saturated rings. The molecule has 0 aliphatic heterocycles. The molecule has 11 heteroatoms. The van der Waals surface area contributed by atoms with Gasteiger partial charge in [-0.3, -0.25) is 20.1 Å². The minimum Gasteiger partial charge on any atom is -0.283 e. The number of H-pyrrole nitrogens is 1. The zero-order valence-electron chi connectivity index (χ0n) is 15.0. The Balaban J connectivity index is 2.07. The molecule has 1 aromatic carbocycles. The van der Waals surface area contributed by atoms with Crippen LogP contribution in [0, 0.1) is 24.0 Å². The number of para-hydroxylation sites is 1. The van der Waals surface area contributed by atoms with Gasteiger partial charge in [-0.05, 0) is 30.7 Å². The van der Waals surface area contributed by atoms with Crippen LogP contribution in [0.15, 0.2) is 47.9 Å². The number of halogens is 2. The van der Waals surface area contributed by atoms with E-state index in [4.69, 9.17) is 5.41 Å². The van der Waals surface area contributed by atoms with E-state index in [1.54, 1.807) is 19.1 Å². The molecule has 0 saturated carbocycles. The first-order valence-corrected chi connectivity index (χ1v) is 10.0. The molecule has 0 amide bonds. The van der Waals surface area contributed by atoms with E-state index in [0.29, 0.717) is 15.8 Å². The van der Waals surface area contributed by atoms with Crippen LogP contribution in [-0.4, -0.2) is 33.2 Å². The largest absolute Gasteiger partial charge is 0.283 e. The number of hydrogen-bond acceptors (Lipinski definition) is 6. The molecule has 0 aliphatic carbocycles. The molecule has 148 valence electrons. The molecular formula is C18H14F2N6O2S. The fraction of sp³-hybridized carbons (Fsp3) is 0.111. The van der Waals surface area contributed by atoms with Crippen LogP contribution < -0.4 is 5.49 Å². The lowest BCUT2D eigenvalue weighted by Crippen LogP contribution is -2.28. The smallest absolute Gasteiger partial charge is 0.236 e. The zero-order valence-corrected chi connectivity index (χ0v) is 15.8. The van der Waals surface area contributed by atoms with Gasteiger partial charge in [0.25, 0.3) is 0 Å². The van der Waals surface area contributed by atoms with Gasteiger partial charge in [-0.25, -0.2) is 17.2 Å². The molecule has 0 saturated heterocycles. The molecule has 0 unspecified atom stereocenters. The second-order valence-electron chi connectivity index (χ2n) is 6.32. The number of rotatable bonds is 4. The van der Waals surface area contributed by atoms with Crippen LogP contribution in [0.3, 0.4) is 0 Å². The first kappa shape index (κ1) is 18.9. The van der Waals surface area contributed by atoms with Crippen molar-refractivity contribution in [3.63, 3.8) is 0 Å². The summed E-state index contributed by atoms with van der Waals surface area (Å²) in [6.45, 7) is 1.60. The van der Waals surface area contributed by atoms with Gasteiger partial charge in [-0.1, -0.05) is 12.1 Å². The average molecular weight is 416 g/mol. The van der Waals surface area contributed by atoms with Crippen LogP contribution in [0.5, 0.6) is 0 Å². The standard InChI is InChI=1S/C18H14F2N6O2S/c1-10-14-16(21)26(15-12(19)5-2-6-13(15)20)18(23-17(14)25-24-10)29(27,28)9-11-4-3-7-22-8-11/h2-8,21H,9H2,1H3,(H,24,25). The molecule has 0 atom stereocenters. The second kappa shape index (κ2) is 6.85. The van der Waals surface area contributed by atoms with E-state index >= 15 is 0 Å². The second-order valence-corrected chi connectivity index (χ2v) is 8.20. The van der Waals surface area contributed by atoms with E-state index in [2.05, 4.69) is 20.2 Å². The van der Waals surface area contributed by atoms with Crippen molar-refractivity contribution in [2.45, 2.75) is 17.8 Å². The summed E-state index contributed by atoms with van der Waals surface area (Å²) in [5, 5.41) is 14.5. The maximum Gasteiger partial charge on any atom is 0.236 e. The number of benzene rings is 1. The number of hydrogen-bond donors (Lipinski definition) is 2. The molecule has 29 heavy (non-hydrogen) atoms. The molecule has 4 aromatic rings. The van der Waals surface area contributed by atoms with Crippen LogP contribution in [-0.2, 0) is 15.6 Å². The normalized spacial score (nSPS) is 11.8. The summed E-state index contributed by atoms with van der Waals surface area (Å²) in [6, 6.07) is 6.23. The molecule has 0 radical (unpaired) electrons. The Morgan fingerprint density at radius 2 is 1.90 bits per heavy atom. The molecule has 0 bridgehead atoms. The molecule has 8 nitrogen and oxygen atoms in total. The monoisotopic (exact) mass is 416 g/mol. The van der Waals surface area contributed by atoms with Gasteiger partial charge in [-0.2, -0.15) is 10.1 Å². The van der Waals surface area contributed by atoms with Crippen molar-refractivity contribution in [2.24, 2.45) is 0 Å². The van der Waals surface area contributed by atoms with E-state index in [9.17, 15) is 17.2 Å². The molecule has 3 aromatic heterocycles. The maximum absolute atomic E-state index is 14.5. The lowest BCUT2D eigenvalue weighted by molar-refractivity contribution is 0.543. The Morgan fingerprint density at radius 1 is 1.17 bits per heavy atom. The van der Waals surface area contributed by atoms with Crippen molar-refractivity contribution < 1.29 is 17.2 Å². The first-order chi connectivity index (χ1) is 13.8. The van der Waals surface area contributed by atoms with E-state index in [1.165, 1.54) is 12.4 Å². The summed E-state index contributed by atoms with van der Waals surface area (Å²) in [5.74, 6) is -2.56. The summed E-state index contributed by atoms with van der Waals surface area (Å²) < 4.78 is 56.0. The predicted octanol–water partition coefficient (Wildman–Crippen LogP) is 2.18. The van der Waals surface area contributed by atoms with Gasteiger partial charge < -0.3 is 0 Å². The van der Waals surface area contributed by atoms with Crippen molar-refractivity contribution in [3.05, 3.63) is 71.1 Å². The minimum atomic E-state index is -4.23. The number of aryl methyl sites for hydroxylation is 1. The summed E-state index contributed by atoms with van der Waals surface area (Å²) >= 11 is 0. The molecule has 0 spiro atoms. The molecule has 0 aliphatic rings. The number of nitrogens with one attached hydrogen (secondary N) is 2. The minimum absolute atomic E-state index is 0.0368. The summed E-state index contributed by atoms with van der Waals surface area (Å²) in [5.41, 5.74) is -0.406. The van der Waals surface area contributed by atoms with Gasteiger partial charge in [0, 0.05) is 18.1 Å². The van der Waals surface area contributed by atoms with Gasteiger partial charge in [0.15, 0.2) is 5.65 Å². The van der Waals surface area contributed by atoms with Crippen LogP contribution >= 0.6 is 0 Å². The summed E-state index contributed by atoms with van der Waals surface area (Å²) in [4.78, 5) is 7.92. The van der Waals surface area contributed by atoms with Crippen LogP contribution in [0.25, 0.3) is 16.7 Å². The highest BCUT2D eigenvalue weighted by molar-refractivity contribution is 7.90. The number of fused-ring (bicyclic) bond motifs is 1. The topological polar surface area (TPSA) is 117 Å². The molecule has 3 heterocycles. The van der Waals surface area contributed by atoms with Crippen LogP contribution in [0.2, 0.25) is 0 Å². The van der Waals surface area contributed by atoms with Crippen molar-refractivity contribution in [1.82, 2.24) is 24.7 Å². The fourth-order valence-electron chi connectivity index (χ4n) is 3.01. The Bertz CT molecular complexity index is 1380. The molecule has 2 N–H and O–H groups in total. The highest BCUT2D eigenvalue weighted by Crippen LogP contribution is 2.23. The third kappa shape index (κ3) is 3.18. The lowest BCUT2D eigenvalue weighted by Gasteiger charge is -2.15. The highest BCUT2D eigenvalue weighted by atomic mass is 32.2. The van der Waals surface area contributed by atoms with Crippen LogP contribution in [0.1, 0.15) is 11.3 Å². The Kier molecular flexibility index (Phi) is 4.46. The SMILES string of the molecule is Cc1[nH]nc2nc(S(=O)(=O)Cc3cccnc3)n(-c3c(F)cccc3F)c(=N)c12. The van der Waals surface area contributed by atoms with Gasteiger partial charge in [-0.15, -0.1) is 0 Å². The van der Waals surface area contributed by atoms with E-state index in [1.807, 2.05) is 0 Å².